The van der Waals surface area contributed by atoms with E-state index in [9.17, 15) is 14.4 Å². The zero-order chi connectivity index (χ0) is 19.4. The van der Waals surface area contributed by atoms with Gasteiger partial charge in [-0.25, -0.2) is 4.39 Å². The van der Waals surface area contributed by atoms with E-state index in [2.05, 4.69) is 21.2 Å². The number of nitrogens with zero attached hydrogens (tertiary/aromatic N) is 2. The van der Waals surface area contributed by atoms with Gasteiger partial charge in [0, 0.05) is 23.2 Å². The minimum Gasteiger partial charge on any atom is -0.369 e. The lowest BCUT2D eigenvalue weighted by molar-refractivity contribution is -0.112. The molecule has 0 atom stereocenters. The van der Waals surface area contributed by atoms with E-state index in [-0.39, 0.29) is 11.4 Å². The highest BCUT2D eigenvalue weighted by molar-refractivity contribution is 9.10. The van der Waals surface area contributed by atoms with Gasteiger partial charge in [0.1, 0.15) is 17.5 Å². The number of carbonyl (C=O) groups is 1. The maximum Gasteiger partial charge on any atom is 0.266 e. The predicted octanol–water partition coefficient (Wildman–Crippen LogP) is 5.04. The van der Waals surface area contributed by atoms with E-state index in [0.717, 1.165) is 36.0 Å². The van der Waals surface area contributed by atoms with Crippen LogP contribution in [0.15, 0.2) is 46.4 Å². The highest BCUT2D eigenvalue weighted by Crippen LogP contribution is 2.28. The smallest absolute Gasteiger partial charge is 0.266 e. The predicted molar refractivity (Wildman–Crippen MR) is 109 cm³/mol. The van der Waals surface area contributed by atoms with E-state index >= 15 is 0 Å². The van der Waals surface area contributed by atoms with Gasteiger partial charge in [-0.3, -0.25) is 4.79 Å². The van der Waals surface area contributed by atoms with Crippen molar-refractivity contribution >= 4 is 39.3 Å². The molecule has 0 aliphatic carbocycles. The average Bonchev–Trinajstić information content (AvgIpc) is 3.16. The lowest BCUT2D eigenvalue weighted by Gasteiger charge is -2.19. The van der Waals surface area contributed by atoms with E-state index in [1.165, 1.54) is 12.1 Å². The highest BCUT2D eigenvalue weighted by Gasteiger charge is 2.18. The molecule has 0 radical (unpaired) electrons. The Morgan fingerprint density at radius 1 is 1.30 bits per heavy atom. The standard InChI is InChI=1S/C21H19BrFN3O/c1-14-9-20(26-7-2-3-8-26)19(23)11-15(14)10-16(13-24)21(27)25-18-6-4-5-17(22)12-18/h4-6,9-12H,2-3,7-8H2,1H3,(H,25,27)/b16-10-. The monoisotopic (exact) mass is 427 g/mol. The van der Waals surface area contributed by atoms with E-state index in [1.807, 2.05) is 24.0 Å². The van der Waals surface area contributed by atoms with E-state index in [4.69, 9.17) is 0 Å². The molecule has 6 heteroatoms. The zero-order valence-electron chi connectivity index (χ0n) is 14.9. The second kappa shape index (κ2) is 8.36. The van der Waals surface area contributed by atoms with Crippen LogP contribution in [0.5, 0.6) is 0 Å². The fraction of sp³-hybridized carbons (Fsp3) is 0.238. The first kappa shape index (κ1) is 19.1. The Hall–Kier alpha value is -2.65. The molecule has 0 bridgehead atoms. The van der Waals surface area contributed by atoms with Gasteiger partial charge in [0.05, 0.1) is 5.69 Å². The summed E-state index contributed by atoms with van der Waals surface area (Å²) >= 11 is 3.34. The van der Waals surface area contributed by atoms with E-state index < -0.39 is 5.91 Å². The van der Waals surface area contributed by atoms with Crippen molar-refractivity contribution in [1.29, 1.82) is 5.26 Å². The van der Waals surface area contributed by atoms with Crippen molar-refractivity contribution in [3.05, 3.63) is 63.4 Å². The second-order valence-electron chi connectivity index (χ2n) is 6.49. The molecule has 1 fully saturated rings. The molecule has 1 aliphatic heterocycles. The SMILES string of the molecule is Cc1cc(N2CCCC2)c(F)cc1/C=C(/C#N)C(=O)Nc1cccc(Br)c1. The third-order valence-corrected chi connectivity index (χ3v) is 5.02. The lowest BCUT2D eigenvalue weighted by Crippen LogP contribution is -2.19. The summed E-state index contributed by atoms with van der Waals surface area (Å²) in [5, 5.41) is 12.1. The largest absolute Gasteiger partial charge is 0.369 e. The Labute approximate surface area is 166 Å². The van der Waals surface area contributed by atoms with E-state index in [1.54, 1.807) is 24.3 Å². The van der Waals surface area contributed by atoms with Gasteiger partial charge in [0.25, 0.3) is 5.91 Å². The Morgan fingerprint density at radius 3 is 2.70 bits per heavy atom. The van der Waals surface area contributed by atoms with Crippen LogP contribution in [0, 0.1) is 24.1 Å². The van der Waals surface area contributed by atoms with Crippen molar-refractivity contribution < 1.29 is 9.18 Å². The van der Waals surface area contributed by atoms with Crippen molar-refractivity contribution in [3.63, 3.8) is 0 Å². The molecular weight excluding hydrogens is 409 g/mol. The number of benzene rings is 2. The summed E-state index contributed by atoms with van der Waals surface area (Å²) < 4.78 is 15.4. The molecule has 1 heterocycles. The molecule has 2 aromatic carbocycles. The summed E-state index contributed by atoms with van der Waals surface area (Å²) in [5.41, 5.74) is 2.42. The minimum atomic E-state index is -0.529. The highest BCUT2D eigenvalue weighted by atomic mass is 79.9. The average molecular weight is 428 g/mol. The number of hydrogen-bond acceptors (Lipinski definition) is 3. The van der Waals surface area contributed by atoms with Crippen molar-refractivity contribution in [2.24, 2.45) is 0 Å². The zero-order valence-corrected chi connectivity index (χ0v) is 16.5. The number of hydrogen-bond donors (Lipinski definition) is 1. The number of anilines is 2. The third-order valence-electron chi connectivity index (χ3n) is 4.53. The molecule has 1 amide bonds. The number of halogens is 2. The van der Waals surface area contributed by atoms with Gasteiger partial charge in [0.2, 0.25) is 0 Å². The topological polar surface area (TPSA) is 56.1 Å². The molecule has 3 rings (SSSR count). The van der Waals surface area contributed by atoms with Crippen LogP contribution in [0.4, 0.5) is 15.8 Å². The van der Waals surface area contributed by atoms with Gasteiger partial charge < -0.3 is 10.2 Å². The fourth-order valence-electron chi connectivity index (χ4n) is 3.11. The Balaban J connectivity index is 1.85. The maximum atomic E-state index is 14.6. The quantitative estimate of drug-likeness (QED) is 0.548. The van der Waals surface area contributed by atoms with Crippen LogP contribution in [0.1, 0.15) is 24.0 Å². The Kier molecular flexibility index (Phi) is 5.92. The summed E-state index contributed by atoms with van der Waals surface area (Å²) in [4.78, 5) is 14.4. The number of nitrogens with one attached hydrogen (secondary N) is 1. The normalized spacial score (nSPS) is 14.1. The summed E-state index contributed by atoms with van der Waals surface area (Å²) in [6, 6.07) is 12.2. The van der Waals surface area contributed by atoms with Crippen LogP contribution < -0.4 is 10.2 Å². The molecule has 138 valence electrons. The molecular formula is C21H19BrFN3O. The summed E-state index contributed by atoms with van der Waals surface area (Å²) in [5.74, 6) is -0.863. The number of rotatable bonds is 4. The lowest BCUT2D eigenvalue weighted by atomic mass is 10.0. The first-order valence-electron chi connectivity index (χ1n) is 8.72. The summed E-state index contributed by atoms with van der Waals surface area (Å²) in [7, 11) is 0. The van der Waals surface area contributed by atoms with Gasteiger partial charge in [0.15, 0.2) is 0 Å². The van der Waals surface area contributed by atoms with Crippen molar-refractivity contribution in [1.82, 2.24) is 0 Å². The number of carbonyl (C=O) groups excluding carboxylic acids is 1. The van der Waals surface area contributed by atoms with Gasteiger partial charge in [-0.1, -0.05) is 22.0 Å². The van der Waals surface area contributed by atoms with Crippen LogP contribution in [0.2, 0.25) is 0 Å². The molecule has 1 aliphatic rings. The summed E-state index contributed by atoms with van der Waals surface area (Å²) in [6.07, 6.45) is 3.56. The minimum absolute atomic E-state index is 0.0774. The van der Waals surface area contributed by atoms with Gasteiger partial charge in [-0.05, 0) is 67.3 Å². The second-order valence-corrected chi connectivity index (χ2v) is 7.40. The molecule has 0 unspecified atom stereocenters. The molecule has 0 aromatic heterocycles. The van der Waals surface area contributed by atoms with Gasteiger partial charge in [-0.2, -0.15) is 5.26 Å². The van der Waals surface area contributed by atoms with Crippen LogP contribution in [-0.4, -0.2) is 19.0 Å². The number of aryl methyl sites for hydroxylation is 1. The Morgan fingerprint density at radius 2 is 2.04 bits per heavy atom. The van der Waals surface area contributed by atoms with Crippen LogP contribution in [0.25, 0.3) is 6.08 Å². The number of amides is 1. The van der Waals surface area contributed by atoms with Crippen LogP contribution in [-0.2, 0) is 4.79 Å². The molecule has 0 spiro atoms. The maximum absolute atomic E-state index is 14.6. The Bertz CT molecular complexity index is 943. The molecule has 27 heavy (non-hydrogen) atoms. The summed E-state index contributed by atoms with van der Waals surface area (Å²) in [6.45, 7) is 3.56. The van der Waals surface area contributed by atoms with Crippen molar-refractivity contribution in [2.45, 2.75) is 19.8 Å². The van der Waals surface area contributed by atoms with Crippen LogP contribution >= 0.6 is 15.9 Å². The van der Waals surface area contributed by atoms with Gasteiger partial charge >= 0.3 is 0 Å². The molecule has 1 saturated heterocycles. The molecule has 4 nitrogen and oxygen atoms in total. The van der Waals surface area contributed by atoms with E-state index in [0.29, 0.717) is 16.9 Å². The molecule has 1 N–H and O–H groups in total. The first-order valence-corrected chi connectivity index (χ1v) is 9.51. The van der Waals surface area contributed by atoms with Crippen molar-refractivity contribution in [2.75, 3.05) is 23.3 Å². The number of nitriles is 1. The molecule has 2 aromatic rings. The fourth-order valence-corrected chi connectivity index (χ4v) is 3.51. The third kappa shape index (κ3) is 4.55. The molecule has 0 saturated carbocycles. The van der Waals surface area contributed by atoms with Gasteiger partial charge in [-0.15, -0.1) is 0 Å². The van der Waals surface area contributed by atoms with Crippen molar-refractivity contribution in [3.8, 4) is 6.07 Å². The first-order chi connectivity index (χ1) is 13.0. The van der Waals surface area contributed by atoms with Crippen LogP contribution in [0.3, 0.4) is 0 Å².